The Morgan fingerprint density at radius 3 is 2.67 bits per heavy atom. The largest absolute Gasteiger partial charge is 0.432 e. The fourth-order valence-electron chi connectivity index (χ4n) is 5.90. The van der Waals surface area contributed by atoms with Gasteiger partial charge in [0.15, 0.2) is 0 Å². The first-order valence-electron chi connectivity index (χ1n) is 13.8. The number of alkyl halides is 3. The van der Waals surface area contributed by atoms with Crippen molar-refractivity contribution in [3.8, 4) is 11.1 Å². The molecule has 0 spiro atoms. The van der Waals surface area contributed by atoms with Crippen molar-refractivity contribution in [3.05, 3.63) is 95.2 Å². The molecule has 2 aliphatic rings. The summed E-state index contributed by atoms with van der Waals surface area (Å²) in [5.74, 6) is -1.98. The van der Waals surface area contributed by atoms with Gasteiger partial charge in [0, 0.05) is 58.4 Å². The number of halogens is 5. The number of amides is 1. The molecule has 0 aliphatic heterocycles. The molecular weight excluding hydrogens is 567 g/mol. The number of pyridine rings is 2. The van der Waals surface area contributed by atoms with E-state index in [-0.39, 0.29) is 42.4 Å². The number of rotatable bonds is 9. The number of aromatic nitrogens is 3. The summed E-state index contributed by atoms with van der Waals surface area (Å²) in [5.41, 5.74) is 1.54. The summed E-state index contributed by atoms with van der Waals surface area (Å²) in [6, 6.07) is 9.54. The van der Waals surface area contributed by atoms with Crippen LogP contribution in [0.1, 0.15) is 36.6 Å². The van der Waals surface area contributed by atoms with Crippen molar-refractivity contribution >= 4 is 22.7 Å². The normalized spacial score (nSPS) is 18.7. The smallest absolute Gasteiger partial charge is 0.379 e. The zero-order chi connectivity index (χ0) is 30.3. The lowest BCUT2D eigenvalue weighted by atomic mass is 9.92. The third kappa shape index (κ3) is 6.13. The minimum Gasteiger partial charge on any atom is -0.379 e. The van der Waals surface area contributed by atoms with Crippen LogP contribution in [0.4, 0.5) is 22.0 Å². The Hall–Kier alpha value is -4.61. The Kier molecular flexibility index (Phi) is 7.45. The molecule has 0 radical (unpaired) electrons. The van der Waals surface area contributed by atoms with E-state index >= 15 is 0 Å². The van der Waals surface area contributed by atoms with Crippen LogP contribution in [0.2, 0.25) is 0 Å². The number of hydrogen-bond acceptors (Lipinski definition) is 5. The van der Waals surface area contributed by atoms with E-state index in [1.54, 1.807) is 30.7 Å². The van der Waals surface area contributed by atoms with Gasteiger partial charge in [-0.2, -0.15) is 13.2 Å². The number of hydrogen-bond donors (Lipinski definition) is 4. The van der Waals surface area contributed by atoms with Crippen LogP contribution < -0.4 is 10.6 Å². The van der Waals surface area contributed by atoms with Crippen molar-refractivity contribution in [1.82, 2.24) is 25.6 Å². The summed E-state index contributed by atoms with van der Waals surface area (Å²) in [6.07, 6.45) is 1.56. The summed E-state index contributed by atoms with van der Waals surface area (Å²) in [6.45, 7) is -0.347. The Balaban J connectivity index is 1.29. The van der Waals surface area contributed by atoms with E-state index in [0.29, 0.717) is 41.0 Å². The Bertz CT molecular complexity index is 1730. The van der Waals surface area contributed by atoms with Crippen molar-refractivity contribution in [3.63, 3.8) is 0 Å². The SMILES string of the molecule is N=C(C1=C(NCC(=O)N[C@@H](Cc2cc(F)cc(F)c2)c2ncccc2-c2cnc3[nH]ccc3c2)C2CC2CC1)C(F)(F)F. The second-order valence-corrected chi connectivity index (χ2v) is 10.9. The molecule has 6 rings (SSSR count). The fourth-order valence-corrected chi connectivity index (χ4v) is 5.90. The predicted octanol–water partition coefficient (Wildman–Crippen LogP) is 6.16. The van der Waals surface area contributed by atoms with Gasteiger partial charge in [0.2, 0.25) is 5.91 Å². The van der Waals surface area contributed by atoms with Crippen molar-refractivity contribution in [2.45, 2.75) is 37.9 Å². The van der Waals surface area contributed by atoms with E-state index in [2.05, 4.69) is 25.6 Å². The van der Waals surface area contributed by atoms with Crippen LogP contribution in [0.15, 0.2) is 72.3 Å². The van der Waals surface area contributed by atoms with E-state index in [0.717, 1.165) is 11.5 Å². The number of carbonyl (C=O) groups excluding carboxylic acids is 1. The number of nitrogens with zero attached hydrogens (tertiary/aromatic N) is 2. The van der Waals surface area contributed by atoms with Gasteiger partial charge in [-0.1, -0.05) is 6.07 Å². The van der Waals surface area contributed by atoms with E-state index in [1.165, 1.54) is 12.1 Å². The molecule has 1 amide bonds. The number of benzene rings is 1. The van der Waals surface area contributed by atoms with Gasteiger partial charge in [0.1, 0.15) is 23.0 Å². The van der Waals surface area contributed by atoms with Gasteiger partial charge >= 0.3 is 6.18 Å². The third-order valence-corrected chi connectivity index (χ3v) is 7.99. The molecule has 0 bridgehead atoms. The lowest BCUT2D eigenvalue weighted by Gasteiger charge is -2.24. The van der Waals surface area contributed by atoms with Crippen molar-refractivity contribution < 1.29 is 26.7 Å². The molecule has 7 nitrogen and oxygen atoms in total. The lowest BCUT2D eigenvalue weighted by molar-refractivity contribution is -0.120. The third-order valence-electron chi connectivity index (χ3n) is 7.99. The molecule has 1 aromatic carbocycles. The Labute approximate surface area is 243 Å². The summed E-state index contributed by atoms with van der Waals surface area (Å²) in [7, 11) is 0. The zero-order valence-electron chi connectivity index (χ0n) is 22.7. The van der Waals surface area contributed by atoms with Crippen molar-refractivity contribution in [2.75, 3.05) is 6.54 Å². The maximum atomic E-state index is 14.1. The van der Waals surface area contributed by atoms with Crippen molar-refractivity contribution in [2.24, 2.45) is 11.8 Å². The first-order valence-corrected chi connectivity index (χ1v) is 13.8. The second kappa shape index (κ2) is 11.2. The number of carbonyl (C=O) groups is 1. The highest BCUT2D eigenvalue weighted by molar-refractivity contribution is 6.02. The van der Waals surface area contributed by atoms with E-state index < -0.39 is 35.5 Å². The molecule has 4 aromatic rings. The monoisotopic (exact) mass is 594 g/mol. The minimum absolute atomic E-state index is 0.0123. The molecule has 2 unspecified atom stereocenters. The first kappa shape index (κ1) is 28.5. The molecule has 1 fully saturated rings. The molecule has 3 atom stereocenters. The highest BCUT2D eigenvalue weighted by Crippen LogP contribution is 2.52. The number of fused-ring (bicyclic) bond motifs is 2. The van der Waals surface area contributed by atoms with Crippen LogP contribution in [0, 0.1) is 28.9 Å². The topological polar surface area (TPSA) is 107 Å². The fraction of sp³-hybridized carbons (Fsp3) is 0.290. The van der Waals surface area contributed by atoms with E-state index in [4.69, 9.17) is 5.41 Å². The molecule has 0 saturated heterocycles. The number of nitrogens with one attached hydrogen (secondary N) is 4. The standard InChI is InChI=1S/C31H27F5N6O/c32-20-8-16(9-21(33)13-20)10-25(28-22(2-1-6-38-28)19-11-18-5-7-39-30(18)41-14-19)42-26(43)15-40-27-23(29(37)31(34,35)36)4-3-17-12-24(17)27/h1-2,5-9,11,13-14,17,24-25,37,40H,3-4,10,12,15H2,(H,39,41)(H,42,43)/t17?,24?,25-/m0/s1. The predicted molar refractivity (Wildman–Crippen MR) is 150 cm³/mol. The average molecular weight is 595 g/mol. The molecule has 4 N–H and O–H groups in total. The molecule has 222 valence electrons. The summed E-state index contributed by atoms with van der Waals surface area (Å²) >= 11 is 0. The molecule has 1 saturated carbocycles. The van der Waals surface area contributed by atoms with Gasteiger partial charge in [-0.3, -0.25) is 15.2 Å². The lowest BCUT2D eigenvalue weighted by Crippen LogP contribution is -2.39. The maximum Gasteiger partial charge on any atom is 0.432 e. The van der Waals surface area contributed by atoms with Crippen LogP contribution >= 0.6 is 0 Å². The van der Waals surface area contributed by atoms with Crippen LogP contribution in [0.25, 0.3) is 22.2 Å². The quantitative estimate of drug-likeness (QED) is 0.138. The molecular formula is C31H27F5N6O. The van der Waals surface area contributed by atoms with Gasteiger partial charge in [-0.25, -0.2) is 13.8 Å². The number of allylic oxidation sites excluding steroid dienone is 2. The van der Waals surface area contributed by atoms with Gasteiger partial charge in [0.05, 0.1) is 18.3 Å². The van der Waals surface area contributed by atoms with Crippen molar-refractivity contribution in [1.29, 1.82) is 5.41 Å². The molecule has 12 heteroatoms. The molecule has 43 heavy (non-hydrogen) atoms. The first-order chi connectivity index (χ1) is 20.6. The van der Waals surface area contributed by atoms with Gasteiger partial charge in [-0.05, 0) is 67.5 Å². The highest BCUT2D eigenvalue weighted by Gasteiger charge is 2.48. The summed E-state index contributed by atoms with van der Waals surface area (Å²) < 4.78 is 68.3. The van der Waals surface area contributed by atoms with Gasteiger partial charge < -0.3 is 15.6 Å². The van der Waals surface area contributed by atoms with E-state index in [9.17, 15) is 26.7 Å². The second-order valence-electron chi connectivity index (χ2n) is 10.9. The summed E-state index contributed by atoms with van der Waals surface area (Å²) in [5, 5.41) is 14.3. The maximum absolute atomic E-state index is 14.1. The summed E-state index contributed by atoms with van der Waals surface area (Å²) in [4.78, 5) is 25.3. The number of H-pyrrole nitrogens is 1. The van der Waals surface area contributed by atoms with Crippen LogP contribution in [0.3, 0.4) is 0 Å². The number of aromatic amines is 1. The average Bonchev–Trinajstić information content (AvgIpc) is 3.61. The van der Waals surface area contributed by atoms with Crippen LogP contribution in [0.5, 0.6) is 0 Å². The van der Waals surface area contributed by atoms with Gasteiger partial charge in [0.25, 0.3) is 0 Å². The molecule has 3 heterocycles. The van der Waals surface area contributed by atoms with Crippen LogP contribution in [-0.4, -0.2) is 39.3 Å². The van der Waals surface area contributed by atoms with E-state index in [1.807, 2.05) is 12.1 Å². The zero-order valence-corrected chi connectivity index (χ0v) is 22.7. The Morgan fingerprint density at radius 2 is 1.91 bits per heavy atom. The molecule has 2 aliphatic carbocycles. The minimum atomic E-state index is -4.79. The van der Waals surface area contributed by atoms with Gasteiger partial charge in [-0.15, -0.1) is 0 Å². The highest BCUT2D eigenvalue weighted by atomic mass is 19.4. The Morgan fingerprint density at radius 1 is 1.12 bits per heavy atom. The van der Waals surface area contributed by atoms with Crippen LogP contribution in [-0.2, 0) is 11.2 Å². The molecule has 3 aromatic heterocycles.